The average molecular weight is 327 g/mol. The van der Waals surface area contributed by atoms with E-state index in [0.29, 0.717) is 17.0 Å². The van der Waals surface area contributed by atoms with Gasteiger partial charge in [-0.05, 0) is 24.3 Å². The number of alkyl halides is 3. The normalized spacial score (nSPS) is 11.0. The average Bonchev–Trinajstić information content (AvgIpc) is 2.52. The molecule has 0 saturated carbocycles. The van der Waals surface area contributed by atoms with E-state index in [-0.39, 0.29) is 11.4 Å². The van der Waals surface area contributed by atoms with Gasteiger partial charge in [0.25, 0.3) is 0 Å². The summed E-state index contributed by atoms with van der Waals surface area (Å²) in [5.41, 5.74) is 0.865. The van der Waals surface area contributed by atoms with E-state index < -0.39 is 12.3 Å². The Kier molecular flexibility index (Phi) is 4.73. The third-order valence-corrected chi connectivity index (χ3v) is 2.81. The summed E-state index contributed by atoms with van der Waals surface area (Å²) >= 11 is 0. The lowest BCUT2D eigenvalue weighted by Crippen LogP contribution is -2.16. The molecule has 2 aromatic rings. The number of nitrogens with zero attached hydrogens (tertiary/aromatic N) is 1. The fourth-order valence-electron chi connectivity index (χ4n) is 1.81. The van der Waals surface area contributed by atoms with Crippen molar-refractivity contribution in [1.29, 1.82) is 0 Å². The van der Waals surface area contributed by atoms with E-state index in [1.807, 2.05) is 0 Å². The van der Waals surface area contributed by atoms with Crippen LogP contribution in [0.25, 0.3) is 11.3 Å². The Balaban J connectivity index is 2.35. The second-order valence-corrected chi connectivity index (χ2v) is 4.34. The number of methoxy groups -OCH3 is 2. The Morgan fingerprint density at radius 1 is 1.04 bits per heavy atom. The summed E-state index contributed by atoms with van der Waals surface area (Å²) in [6.07, 6.45) is -4.76. The first-order valence-corrected chi connectivity index (χ1v) is 6.33. The second-order valence-electron chi connectivity index (χ2n) is 4.34. The summed E-state index contributed by atoms with van der Waals surface area (Å²) in [6, 6.07) is 8.04. The van der Waals surface area contributed by atoms with Crippen LogP contribution in [-0.4, -0.2) is 31.5 Å². The minimum atomic E-state index is -4.76. The van der Waals surface area contributed by atoms with Gasteiger partial charge < -0.3 is 14.2 Å². The fraction of sp³-hybridized carbons (Fsp3) is 0.200. The molecule has 0 radical (unpaired) electrons. The molecule has 23 heavy (non-hydrogen) atoms. The SMILES string of the molecule is COC(=O)c1cc(OC)cc(-c2ccc(OC(F)(F)F)cc2)n1. The zero-order chi connectivity index (χ0) is 17.0. The largest absolute Gasteiger partial charge is 0.573 e. The van der Waals surface area contributed by atoms with Gasteiger partial charge in [0.1, 0.15) is 11.5 Å². The smallest absolute Gasteiger partial charge is 0.497 e. The molecule has 1 aromatic carbocycles. The molecule has 0 fully saturated rings. The van der Waals surface area contributed by atoms with E-state index in [2.05, 4.69) is 14.5 Å². The van der Waals surface area contributed by atoms with Gasteiger partial charge in [-0.3, -0.25) is 0 Å². The van der Waals surface area contributed by atoms with Crippen LogP contribution in [0.5, 0.6) is 11.5 Å². The number of esters is 1. The molecular weight excluding hydrogens is 315 g/mol. The predicted molar refractivity (Wildman–Crippen MR) is 74.2 cm³/mol. The highest BCUT2D eigenvalue weighted by molar-refractivity contribution is 5.88. The topological polar surface area (TPSA) is 57.7 Å². The van der Waals surface area contributed by atoms with Gasteiger partial charge >= 0.3 is 12.3 Å². The number of rotatable bonds is 4. The van der Waals surface area contributed by atoms with E-state index in [4.69, 9.17) is 4.74 Å². The Morgan fingerprint density at radius 2 is 1.70 bits per heavy atom. The molecule has 0 saturated heterocycles. The van der Waals surface area contributed by atoms with Crippen LogP contribution in [0, 0.1) is 0 Å². The van der Waals surface area contributed by atoms with Crippen molar-refractivity contribution in [2.45, 2.75) is 6.36 Å². The Bertz CT molecular complexity index is 699. The van der Waals surface area contributed by atoms with Crippen molar-refractivity contribution in [3.05, 3.63) is 42.1 Å². The number of ether oxygens (including phenoxy) is 3. The second kappa shape index (κ2) is 6.55. The molecule has 5 nitrogen and oxygen atoms in total. The highest BCUT2D eigenvalue weighted by atomic mass is 19.4. The van der Waals surface area contributed by atoms with Gasteiger partial charge in [0.15, 0.2) is 5.69 Å². The lowest BCUT2D eigenvalue weighted by molar-refractivity contribution is -0.274. The van der Waals surface area contributed by atoms with Gasteiger partial charge in [0.2, 0.25) is 0 Å². The minimum absolute atomic E-state index is 0.0254. The minimum Gasteiger partial charge on any atom is -0.497 e. The molecule has 2 rings (SSSR count). The van der Waals surface area contributed by atoms with Gasteiger partial charge in [-0.2, -0.15) is 0 Å². The Hall–Kier alpha value is -2.77. The number of carbonyl (C=O) groups is 1. The zero-order valence-corrected chi connectivity index (χ0v) is 12.2. The summed E-state index contributed by atoms with van der Waals surface area (Å²) in [6.45, 7) is 0. The van der Waals surface area contributed by atoms with Crippen molar-refractivity contribution in [1.82, 2.24) is 4.98 Å². The Labute approximate surface area is 129 Å². The first-order chi connectivity index (χ1) is 10.8. The number of pyridine rings is 1. The number of aromatic nitrogens is 1. The van der Waals surface area contributed by atoms with Crippen molar-refractivity contribution in [2.24, 2.45) is 0 Å². The lowest BCUT2D eigenvalue weighted by atomic mass is 10.1. The summed E-state index contributed by atoms with van der Waals surface area (Å²) in [7, 11) is 2.63. The lowest BCUT2D eigenvalue weighted by Gasteiger charge is -2.10. The van der Waals surface area contributed by atoms with Crippen LogP contribution in [-0.2, 0) is 4.74 Å². The van der Waals surface area contributed by atoms with Crippen molar-refractivity contribution in [3.8, 4) is 22.8 Å². The highest BCUT2D eigenvalue weighted by Gasteiger charge is 2.31. The first-order valence-electron chi connectivity index (χ1n) is 6.33. The zero-order valence-electron chi connectivity index (χ0n) is 12.2. The molecule has 122 valence electrons. The van der Waals surface area contributed by atoms with Crippen LogP contribution < -0.4 is 9.47 Å². The van der Waals surface area contributed by atoms with Crippen molar-refractivity contribution in [3.63, 3.8) is 0 Å². The number of halogens is 3. The summed E-state index contributed by atoms with van der Waals surface area (Å²) in [4.78, 5) is 15.7. The Morgan fingerprint density at radius 3 is 2.22 bits per heavy atom. The maximum absolute atomic E-state index is 12.1. The number of hydrogen-bond acceptors (Lipinski definition) is 5. The number of carbonyl (C=O) groups excluding carboxylic acids is 1. The highest BCUT2D eigenvalue weighted by Crippen LogP contribution is 2.27. The molecular formula is C15H12F3NO4. The first kappa shape index (κ1) is 16.6. The van der Waals surface area contributed by atoms with Gasteiger partial charge in [-0.15, -0.1) is 13.2 Å². The molecule has 0 atom stereocenters. The molecule has 1 aromatic heterocycles. The quantitative estimate of drug-likeness (QED) is 0.805. The molecule has 0 aliphatic rings. The standard InChI is InChI=1S/C15H12F3NO4/c1-21-11-7-12(19-13(8-11)14(20)22-2)9-3-5-10(6-4-9)23-15(16,17)18/h3-8H,1-2H3. The molecule has 0 aliphatic carbocycles. The van der Waals surface area contributed by atoms with E-state index in [0.717, 1.165) is 12.1 Å². The third-order valence-electron chi connectivity index (χ3n) is 2.81. The molecule has 0 bridgehead atoms. The van der Waals surface area contributed by atoms with Gasteiger partial charge in [-0.25, -0.2) is 9.78 Å². The van der Waals surface area contributed by atoms with Crippen LogP contribution in [0.1, 0.15) is 10.5 Å². The molecule has 0 N–H and O–H groups in total. The van der Waals surface area contributed by atoms with Crippen LogP contribution in [0.3, 0.4) is 0 Å². The van der Waals surface area contributed by atoms with E-state index in [1.54, 1.807) is 6.07 Å². The monoisotopic (exact) mass is 327 g/mol. The summed E-state index contributed by atoms with van der Waals surface area (Å²) in [5, 5.41) is 0. The molecule has 0 aliphatic heterocycles. The molecule has 0 spiro atoms. The maximum Gasteiger partial charge on any atom is 0.573 e. The third kappa shape index (κ3) is 4.35. The molecule has 0 amide bonds. The maximum atomic E-state index is 12.1. The molecule has 0 unspecified atom stereocenters. The van der Waals surface area contributed by atoms with Crippen molar-refractivity contribution in [2.75, 3.05) is 14.2 Å². The van der Waals surface area contributed by atoms with E-state index >= 15 is 0 Å². The van der Waals surface area contributed by atoms with Crippen LogP contribution in [0.4, 0.5) is 13.2 Å². The van der Waals surface area contributed by atoms with Crippen molar-refractivity contribution >= 4 is 5.97 Å². The number of benzene rings is 1. The van der Waals surface area contributed by atoms with Crippen LogP contribution in [0.2, 0.25) is 0 Å². The number of hydrogen-bond donors (Lipinski definition) is 0. The molecule has 1 heterocycles. The van der Waals surface area contributed by atoms with E-state index in [9.17, 15) is 18.0 Å². The van der Waals surface area contributed by atoms with Gasteiger partial charge in [-0.1, -0.05) is 0 Å². The predicted octanol–water partition coefficient (Wildman–Crippen LogP) is 3.44. The van der Waals surface area contributed by atoms with Crippen LogP contribution in [0.15, 0.2) is 36.4 Å². The summed E-state index contributed by atoms with van der Waals surface area (Å²) in [5.74, 6) is -0.634. The van der Waals surface area contributed by atoms with Gasteiger partial charge in [0, 0.05) is 17.7 Å². The van der Waals surface area contributed by atoms with E-state index in [1.165, 1.54) is 32.4 Å². The summed E-state index contributed by atoms with van der Waals surface area (Å²) < 4.78 is 49.9. The molecule has 8 heteroatoms. The van der Waals surface area contributed by atoms with Crippen LogP contribution >= 0.6 is 0 Å². The fourth-order valence-corrected chi connectivity index (χ4v) is 1.81. The van der Waals surface area contributed by atoms with Gasteiger partial charge in [0.05, 0.1) is 19.9 Å². The van der Waals surface area contributed by atoms with Crippen molar-refractivity contribution < 1.29 is 32.2 Å².